The van der Waals surface area contributed by atoms with Crippen LogP contribution in [0.25, 0.3) is 0 Å². The minimum Gasteiger partial charge on any atom is -0.335 e. The van der Waals surface area contributed by atoms with Crippen LogP contribution in [0.4, 0.5) is 0 Å². The first-order chi connectivity index (χ1) is 8.83. The summed E-state index contributed by atoms with van der Waals surface area (Å²) < 4.78 is 0. The van der Waals surface area contributed by atoms with Crippen LogP contribution in [0.1, 0.15) is 5.56 Å². The molecule has 2 saturated heterocycles. The van der Waals surface area contributed by atoms with Crippen LogP contribution in [0.5, 0.6) is 0 Å². The lowest BCUT2D eigenvalue weighted by Crippen LogP contribution is -2.63. The first-order valence-electron chi connectivity index (χ1n) is 6.44. The molecule has 5 heteroatoms. The Labute approximate surface area is 107 Å². The predicted molar refractivity (Wildman–Crippen MR) is 67.9 cm³/mol. The van der Waals surface area contributed by atoms with E-state index in [-0.39, 0.29) is 5.91 Å². The lowest BCUT2D eigenvalue weighted by molar-refractivity contribution is -0.137. The van der Waals surface area contributed by atoms with Gasteiger partial charge < -0.3 is 10.2 Å². The summed E-state index contributed by atoms with van der Waals surface area (Å²) >= 11 is 0. The van der Waals surface area contributed by atoms with Crippen LogP contribution in [-0.2, 0) is 11.3 Å². The second kappa shape index (κ2) is 5.04. The van der Waals surface area contributed by atoms with Gasteiger partial charge in [-0.15, -0.1) is 0 Å². The molecule has 3 rings (SSSR count). The minimum atomic E-state index is 0.243. The van der Waals surface area contributed by atoms with Crippen LogP contribution < -0.4 is 5.32 Å². The molecule has 3 heterocycles. The van der Waals surface area contributed by atoms with Crippen LogP contribution in [0.15, 0.2) is 24.5 Å². The summed E-state index contributed by atoms with van der Waals surface area (Å²) in [6.07, 6.45) is 3.71. The quantitative estimate of drug-likeness (QED) is 0.778. The molecule has 0 aromatic carbocycles. The molecule has 1 aromatic rings. The fourth-order valence-electron chi connectivity index (χ4n) is 2.76. The van der Waals surface area contributed by atoms with Gasteiger partial charge in [0, 0.05) is 45.1 Å². The zero-order valence-electron chi connectivity index (χ0n) is 10.4. The van der Waals surface area contributed by atoms with Gasteiger partial charge in [0.2, 0.25) is 5.91 Å². The molecule has 0 aliphatic carbocycles. The van der Waals surface area contributed by atoms with E-state index in [1.165, 1.54) is 5.56 Å². The number of hydrogen-bond donors (Lipinski definition) is 1. The average molecular weight is 246 g/mol. The Kier molecular flexibility index (Phi) is 3.25. The molecule has 0 radical (unpaired) electrons. The number of rotatable bonds is 2. The Morgan fingerprint density at radius 3 is 3.22 bits per heavy atom. The monoisotopic (exact) mass is 246 g/mol. The van der Waals surface area contributed by atoms with Gasteiger partial charge in [0.15, 0.2) is 0 Å². The highest BCUT2D eigenvalue weighted by atomic mass is 16.2. The number of hydrogen-bond acceptors (Lipinski definition) is 4. The molecule has 96 valence electrons. The summed E-state index contributed by atoms with van der Waals surface area (Å²) in [5.74, 6) is 0.243. The molecular weight excluding hydrogens is 228 g/mol. The molecule has 5 nitrogen and oxygen atoms in total. The van der Waals surface area contributed by atoms with Crippen molar-refractivity contribution in [3.8, 4) is 0 Å². The van der Waals surface area contributed by atoms with Crippen molar-refractivity contribution in [1.82, 2.24) is 20.1 Å². The van der Waals surface area contributed by atoms with Gasteiger partial charge in [-0.05, 0) is 11.6 Å². The maximum Gasteiger partial charge on any atom is 0.236 e. The SMILES string of the molecule is O=C1CNCC2CN(Cc3cccnc3)CCN12. The highest BCUT2D eigenvalue weighted by Crippen LogP contribution is 2.14. The average Bonchev–Trinajstić information content (AvgIpc) is 2.40. The van der Waals surface area contributed by atoms with Crippen molar-refractivity contribution in [3.63, 3.8) is 0 Å². The molecule has 2 aliphatic rings. The van der Waals surface area contributed by atoms with Crippen LogP contribution in [0.2, 0.25) is 0 Å². The van der Waals surface area contributed by atoms with Gasteiger partial charge in [0.25, 0.3) is 0 Å². The maximum absolute atomic E-state index is 11.7. The molecule has 2 fully saturated rings. The van der Waals surface area contributed by atoms with Crippen molar-refractivity contribution in [3.05, 3.63) is 30.1 Å². The first kappa shape index (κ1) is 11.6. The number of aromatic nitrogens is 1. The van der Waals surface area contributed by atoms with Crippen molar-refractivity contribution < 1.29 is 4.79 Å². The minimum absolute atomic E-state index is 0.243. The zero-order chi connectivity index (χ0) is 12.4. The van der Waals surface area contributed by atoms with E-state index in [2.05, 4.69) is 21.3 Å². The van der Waals surface area contributed by atoms with Crippen LogP contribution in [0.3, 0.4) is 0 Å². The van der Waals surface area contributed by atoms with E-state index in [0.717, 1.165) is 32.7 Å². The topological polar surface area (TPSA) is 48.5 Å². The number of carbonyl (C=O) groups is 1. The van der Waals surface area contributed by atoms with Crippen molar-refractivity contribution in [2.75, 3.05) is 32.7 Å². The third-order valence-electron chi connectivity index (χ3n) is 3.67. The second-order valence-corrected chi connectivity index (χ2v) is 4.97. The third kappa shape index (κ3) is 2.37. The maximum atomic E-state index is 11.7. The molecule has 0 bridgehead atoms. The van der Waals surface area contributed by atoms with Gasteiger partial charge in [0.1, 0.15) is 0 Å². The lowest BCUT2D eigenvalue weighted by Gasteiger charge is -2.44. The molecule has 1 aromatic heterocycles. The molecule has 1 unspecified atom stereocenters. The summed E-state index contributed by atoms with van der Waals surface area (Å²) in [6, 6.07) is 4.40. The first-order valence-corrected chi connectivity index (χ1v) is 6.44. The largest absolute Gasteiger partial charge is 0.335 e. The van der Waals surface area contributed by atoms with Crippen LogP contribution in [-0.4, -0.2) is 59.5 Å². The van der Waals surface area contributed by atoms with Gasteiger partial charge in [-0.2, -0.15) is 0 Å². The number of nitrogens with zero attached hydrogens (tertiary/aromatic N) is 3. The van der Waals surface area contributed by atoms with Gasteiger partial charge in [0.05, 0.1) is 12.6 Å². The molecule has 1 atom stereocenters. The Balaban J connectivity index is 1.62. The van der Waals surface area contributed by atoms with Crippen LogP contribution in [0, 0.1) is 0 Å². The van der Waals surface area contributed by atoms with Crippen molar-refractivity contribution in [2.24, 2.45) is 0 Å². The molecule has 18 heavy (non-hydrogen) atoms. The smallest absolute Gasteiger partial charge is 0.236 e. The van der Waals surface area contributed by atoms with Crippen LogP contribution >= 0.6 is 0 Å². The molecule has 2 aliphatic heterocycles. The Morgan fingerprint density at radius 1 is 1.44 bits per heavy atom. The second-order valence-electron chi connectivity index (χ2n) is 4.97. The number of pyridine rings is 1. The van der Waals surface area contributed by atoms with Gasteiger partial charge >= 0.3 is 0 Å². The summed E-state index contributed by atoms with van der Waals surface area (Å²) in [4.78, 5) is 20.3. The number of amides is 1. The fourth-order valence-corrected chi connectivity index (χ4v) is 2.76. The van der Waals surface area contributed by atoms with E-state index in [1.807, 2.05) is 17.2 Å². The van der Waals surface area contributed by atoms with Crippen molar-refractivity contribution in [1.29, 1.82) is 0 Å². The Bertz CT molecular complexity index is 422. The zero-order valence-corrected chi connectivity index (χ0v) is 10.4. The van der Waals surface area contributed by atoms with E-state index < -0.39 is 0 Å². The molecule has 0 spiro atoms. The van der Waals surface area contributed by atoms with E-state index >= 15 is 0 Å². The summed E-state index contributed by atoms with van der Waals surface area (Å²) in [7, 11) is 0. The van der Waals surface area contributed by atoms with Gasteiger partial charge in [-0.3, -0.25) is 14.7 Å². The standard InChI is InChI=1S/C13H18N4O/c18-13-8-15-7-12-10-16(4-5-17(12)13)9-11-2-1-3-14-6-11/h1-3,6,12,15H,4-5,7-10H2. The Hall–Kier alpha value is -1.46. The highest BCUT2D eigenvalue weighted by molar-refractivity contribution is 5.79. The number of piperazine rings is 2. The normalized spacial score (nSPS) is 25.0. The van der Waals surface area contributed by atoms with Gasteiger partial charge in [-0.1, -0.05) is 6.07 Å². The number of fused-ring (bicyclic) bond motifs is 1. The fraction of sp³-hybridized carbons (Fsp3) is 0.538. The predicted octanol–water partition coefficient (Wildman–Crippen LogP) is -0.302. The summed E-state index contributed by atoms with van der Waals surface area (Å²) in [6.45, 7) is 5.09. The van der Waals surface area contributed by atoms with Crippen molar-refractivity contribution >= 4 is 5.91 Å². The number of nitrogens with one attached hydrogen (secondary N) is 1. The lowest BCUT2D eigenvalue weighted by atomic mass is 10.1. The number of carbonyl (C=O) groups excluding carboxylic acids is 1. The molecule has 1 N–H and O–H groups in total. The van der Waals surface area contributed by atoms with Crippen molar-refractivity contribution in [2.45, 2.75) is 12.6 Å². The molecule has 1 amide bonds. The van der Waals surface area contributed by atoms with E-state index in [9.17, 15) is 4.79 Å². The van der Waals surface area contributed by atoms with Gasteiger partial charge in [-0.25, -0.2) is 0 Å². The summed E-state index contributed by atoms with van der Waals surface area (Å²) in [5.41, 5.74) is 1.24. The third-order valence-corrected chi connectivity index (χ3v) is 3.67. The highest BCUT2D eigenvalue weighted by Gasteiger charge is 2.32. The van der Waals surface area contributed by atoms with E-state index in [4.69, 9.17) is 0 Å². The van der Waals surface area contributed by atoms with E-state index in [0.29, 0.717) is 12.6 Å². The molecular formula is C13H18N4O. The van der Waals surface area contributed by atoms with E-state index in [1.54, 1.807) is 6.20 Å². The Morgan fingerprint density at radius 2 is 2.39 bits per heavy atom. The summed E-state index contributed by atoms with van der Waals surface area (Å²) in [5, 5.41) is 3.19. The molecule has 0 saturated carbocycles.